The quantitative estimate of drug-likeness (QED) is 0.598. The lowest BCUT2D eigenvalue weighted by Gasteiger charge is -2.35. The van der Waals surface area contributed by atoms with Gasteiger partial charge in [-0.3, -0.25) is 24.6 Å². The van der Waals surface area contributed by atoms with E-state index in [1.54, 1.807) is 7.11 Å². The van der Waals surface area contributed by atoms with E-state index >= 15 is 0 Å². The maximum Gasteiger partial charge on any atom is 0.324 e. The molecule has 1 saturated carbocycles. The lowest BCUT2D eigenvalue weighted by Crippen LogP contribution is -2.56. The van der Waals surface area contributed by atoms with Crippen LogP contribution in [0.3, 0.4) is 0 Å². The molecule has 4 unspecified atom stereocenters. The van der Waals surface area contributed by atoms with E-state index < -0.39 is 29.4 Å². The van der Waals surface area contributed by atoms with E-state index in [9.17, 15) is 19.5 Å². The number of ether oxygens (including phenoxy) is 1. The van der Waals surface area contributed by atoms with E-state index in [1.165, 1.54) is 11.3 Å². The van der Waals surface area contributed by atoms with Gasteiger partial charge in [-0.2, -0.15) is 0 Å². The van der Waals surface area contributed by atoms with Gasteiger partial charge in [0.25, 0.3) is 0 Å². The number of amides is 2. The Hall–Kier alpha value is -2.41. The first-order valence-electron chi connectivity index (χ1n) is 11.9. The van der Waals surface area contributed by atoms with Gasteiger partial charge >= 0.3 is 5.97 Å². The normalized spacial score (nSPS) is 30.6. The van der Waals surface area contributed by atoms with Crippen LogP contribution in [0.5, 0.6) is 5.75 Å². The molecule has 2 heterocycles. The molecular weight excluding hydrogens is 408 g/mol. The van der Waals surface area contributed by atoms with Crippen LogP contribution in [-0.2, 0) is 14.4 Å². The lowest BCUT2D eigenvalue weighted by molar-refractivity contribution is -0.152. The van der Waals surface area contributed by atoms with Gasteiger partial charge in [0.15, 0.2) is 0 Å². The molecule has 4 rings (SSSR count). The number of rotatable bonds is 8. The third-order valence-corrected chi connectivity index (χ3v) is 7.67. The number of aliphatic carboxylic acids is 1. The number of hydrogen-bond donors (Lipinski definition) is 2. The van der Waals surface area contributed by atoms with Gasteiger partial charge in [0.2, 0.25) is 11.8 Å². The van der Waals surface area contributed by atoms with Crippen LogP contribution in [0.25, 0.3) is 0 Å². The van der Waals surface area contributed by atoms with Gasteiger partial charge < -0.3 is 9.84 Å². The molecule has 7 heteroatoms. The highest BCUT2D eigenvalue weighted by atomic mass is 16.5. The molecule has 1 aromatic rings. The molecule has 3 aliphatic rings. The first kappa shape index (κ1) is 22.8. The minimum absolute atomic E-state index is 0.233. The van der Waals surface area contributed by atoms with Crippen LogP contribution < -0.4 is 10.1 Å². The Bertz CT molecular complexity index is 881. The number of unbranched alkanes of at least 4 members (excludes halogenated alkanes) is 1. The average Bonchev–Trinajstić information content (AvgIpc) is 3.27. The van der Waals surface area contributed by atoms with Crippen molar-refractivity contribution in [3.8, 4) is 5.75 Å². The van der Waals surface area contributed by atoms with Crippen molar-refractivity contribution in [2.75, 3.05) is 13.7 Å². The topological polar surface area (TPSA) is 95.9 Å². The summed E-state index contributed by atoms with van der Waals surface area (Å²) >= 11 is 0. The molecule has 2 N–H and O–H groups in total. The predicted octanol–water partition coefficient (Wildman–Crippen LogP) is 3.53. The summed E-state index contributed by atoms with van der Waals surface area (Å²) in [6.07, 6.45) is 7.21. The number of nitrogens with one attached hydrogen (secondary N) is 1. The fraction of sp³-hybridized carbons (Fsp3) is 0.640. The van der Waals surface area contributed by atoms with E-state index in [1.807, 2.05) is 31.2 Å². The van der Waals surface area contributed by atoms with Crippen LogP contribution in [0.15, 0.2) is 24.3 Å². The highest BCUT2D eigenvalue weighted by Crippen LogP contribution is 2.53. The summed E-state index contributed by atoms with van der Waals surface area (Å²) in [7, 11) is 1.56. The summed E-state index contributed by atoms with van der Waals surface area (Å²) in [4.78, 5) is 41.3. The molecule has 0 bridgehead atoms. The summed E-state index contributed by atoms with van der Waals surface area (Å²) in [6.45, 7) is 2.36. The van der Waals surface area contributed by atoms with Gasteiger partial charge in [-0.15, -0.1) is 0 Å². The number of benzene rings is 1. The van der Waals surface area contributed by atoms with Gasteiger partial charge in [-0.05, 0) is 24.8 Å². The number of likely N-dealkylation sites (tertiary alicyclic amines) is 1. The molecule has 0 spiro atoms. The maximum absolute atomic E-state index is 13.6. The Kier molecular flexibility index (Phi) is 6.56. The molecule has 0 aromatic heterocycles. The second-order valence-electron chi connectivity index (χ2n) is 9.53. The van der Waals surface area contributed by atoms with E-state index in [0.29, 0.717) is 25.1 Å². The van der Waals surface area contributed by atoms with Gasteiger partial charge in [-0.1, -0.05) is 63.6 Å². The summed E-state index contributed by atoms with van der Waals surface area (Å²) in [5, 5.41) is 13.9. The Morgan fingerprint density at radius 3 is 2.56 bits per heavy atom. The van der Waals surface area contributed by atoms with Crippen LogP contribution in [0.4, 0.5) is 0 Å². The van der Waals surface area contributed by atoms with Gasteiger partial charge in [0.05, 0.1) is 18.9 Å². The first-order valence-corrected chi connectivity index (χ1v) is 11.9. The smallest absolute Gasteiger partial charge is 0.324 e. The zero-order chi connectivity index (χ0) is 22.9. The second kappa shape index (κ2) is 9.22. The number of para-hydroxylation sites is 1. The fourth-order valence-electron chi connectivity index (χ4n) is 6.11. The van der Waals surface area contributed by atoms with Crippen molar-refractivity contribution >= 4 is 17.8 Å². The van der Waals surface area contributed by atoms with Crippen molar-refractivity contribution in [2.24, 2.45) is 17.8 Å². The van der Waals surface area contributed by atoms with Crippen LogP contribution in [0, 0.1) is 17.8 Å². The molecular formula is C25H34N2O5. The Balaban J connectivity index is 1.79. The molecule has 1 aliphatic carbocycles. The van der Waals surface area contributed by atoms with Crippen molar-refractivity contribution in [2.45, 2.75) is 69.9 Å². The molecule has 0 radical (unpaired) electrons. The van der Waals surface area contributed by atoms with Crippen LogP contribution in [0.1, 0.15) is 69.9 Å². The molecule has 3 fully saturated rings. The Morgan fingerprint density at radius 1 is 1.19 bits per heavy atom. The molecule has 4 atom stereocenters. The van der Waals surface area contributed by atoms with Crippen molar-refractivity contribution < 1.29 is 24.2 Å². The monoisotopic (exact) mass is 442 g/mol. The predicted molar refractivity (Wildman–Crippen MR) is 119 cm³/mol. The summed E-state index contributed by atoms with van der Waals surface area (Å²) < 4.78 is 5.54. The number of carboxylic acid groups (broad SMARTS) is 1. The van der Waals surface area contributed by atoms with E-state index in [-0.39, 0.29) is 17.7 Å². The largest absolute Gasteiger partial charge is 0.496 e. The first-order chi connectivity index (χ1) is 15.4. The average molecular weight is 443 g/mol. The second-order valence-corrected chi connectivity index (χ2v) is 9.53. The summed E-state index contributed by atoms with van der Waals surface area (Å²) in [5.74, 6) is -2.45. The van der Waals surface area contributed by atoms with Crippen LogP contribution in [0.2, 0.25) is 0 Å². The van der Waals surface area contributed by atoms with Gasteiger partial charge in [0, 0.05) is 18.2 Å². The van der Waals surface area contributed by atoms with Gasteiger partial charge in [0.1, 0.15) is 11.3 Å². The van der Waals surface area contributed by atoms with Crippen molar-refractivity contribution in [3.05, 3.63) is 29.8 Å². The lowest BCUT2D eigenvalue weighted by atomic mass is 9.72. The van der Waals surface area contributed by atoms with Crippen molar-refractivity contribution in [1.29, 1.82) is 0 Å². The zero-order valence-electron chi connectivity index (χ0n) is 19.0. The minimum atomic E-state index is -1.45. The molecule has 2 aliphatic heterocycles. The number of carbonyl (C=O) groups is 3. The number of carboxylic acids is 1. The van der Waals surface area contributed by atoms with Crippen LogP contribution in [-0.4, -0.2) is 47.0 Å². The van der Waals surface area contributed by atoms with Crippen molar-refractivity contribution in [3.63, 3.8) is 0 Å². The summed E-state index contributed by atoms with van der Waals surface area (Å²) in [6, 6.07) is 6.78. The molecule has 174 valence electrons. The molecule has 7 nitrogen and oxygen atoms in total. The maximum atomic E-state index is 13.6. The van der Waals surface area contributed by atoms with E-state index in [4.69, 9.17) is 4.74 Å². The third kappa shape index (κ3) is 3.70. The minimum Gasteiger partial charge on any atom is -0.496 e. The van der Waals surface area contributed by atoms with Gasteiger partial charge in [-0.25, -0.2) is 0 Å². The SMILES string of the molecule is CCCCN1C(=O)C2C(c3ccccc3OC)NC(CC3CCCCC3)(C(=O)O)C2C1=O. The van der Waals surface area contributed by atoms with Crippen molar-refractivity contribution in [1.82, 2.24) is 10.2 Å². The number of nitrogens with zero attached hydrogens (tertiary/aromatic N) is 1. The number of imide groups is 1. The molecule has 2 amide bonds. The molecule has 2 saturated heterocycles. The Labute approximate surface area is 189 Å². The number of hydrogen-bond acceptors (Lipinski definition) is 5. The highest BCUT2D eigenvalue weighted by molar-refractivity contribution is 6.09. The molecule has 32 heavy (non-hydrogen) atoms. The van der Waals surface area contributed by atoms with Crippen LogP contribution >= 0.6 is 0 Å². The van der Waals surface area contributed by atoms with E-state index in [0.717, 1.165) is 37.7 Å². The van der Waals surface area contributed by atoms with E-state index in [2.05, 4.69) is 5.32 Å². The zero-order valence-corrected chi connectivity index (χ0v) is 19.0. The standard InChI is InChI=1S/C25H34N2O5/c1-3-4-14-27-22(28)19-20(23(27)29)25(24(30)31,15-16-10-6-5-7-11-16)26-21(19)17-12-8-9-13-18(17)32-2/h8-9,12-13,16,19-21,26H,3-7,10-11,14-15H2,1-2H3,(H,30,31). The number of carbonyl (C=O) groups excluding carboxylic acids is 2. The fourth-order valence-corrected chi connectivity index (χ4v) is 6.11. The Morgan fingerprint density at radius 2 is 1.91 bits per heavy atom. The highest BCUT2D eigenvalue weighted by Gasteiger charge is 2.68. The number of methoxy groups -OCH3 is 1. The number of fused-ring (bicyclic) bond motifs is 1. The summed E-state index contributed by atoms with van der Waals surface area (Å²) in [5.41, 5.74) is -0.721. The molecule has 1 aromatic carbocycles. The third-order valence-electron chi connectivity index (χ3n) is 7.67.